The molecule has 0 aliphatic carbocycles. The molecule has 0 saturated carbocycles. The van der Waals surface area contributed by atoms with Gasteiger partial charge in [-0.1, -0.05) is 6.92 Å². The topological polar surface area (TPSA) is 105 Å². The first-order chi connectivity index (χ1) is 11.8. The van der Waals surface area contributed by atoms with Gasteiger partial charge in [0, 0.05) is 6.42 Å². The lowest BCUT2D eigenvalue weighted by molar-refractivity contribution is -0.167. The number of thiol groups is 3. The van der Waals surface area contributed by atoms with Crippen LogP contribution in [0.4, 0.5) is 0 Å². The molecule has 0 aliphatic heterocycles. The Bertz CT molecular complexity index is 383. The molecule has 0 atom stereocenters. The molecule has 0 bridgehead atoms. The van der Waals surface area contributed by atoms with Crippen LogP contribution in [0.2, 0.25) is 0 Å². The van der Waals surface area contributed by atoms with Gasteiger partial charge in [0.25, 0.3) is 0 Å². The smallest absolute Gasteiger partial charge is 0.315 e. The van der Waals surface area contributed by atoms with Crippen molar-refractivity contribution in [3.8, 4) is 0 Å². The van der Waals surface area contributed by atoms with Gasteiger partial charge in [-0.15, -0.1) is 0 Å². The zero-order chi connectivity index (χ0) is 19.3. The molecule has 0 N–H and O–H groups in total. The molecular weight excluding hydrogens is 392 g/mol. The molecule has 25 heavy (non-hydrogen) atoms. The first kappa shape index (κ1) is 23.9. The summed E-state index contributed by atoms with van der Waals surface area (Å²) in [6.45, 7) is 0.418. The SMILES string of the molecule is CCC(=O)OCC(COC(=O)CS)(COC(=O)CS)COC(=O)CS. The van der Waals surface area contributed by atoms with Gasteiger partial charge in [0.1, 0.15) is 31.8 Å². The van der Waals surface area contributed by atoms with Crippen LogP contribution in [0, 0.1) is 5.41 Å². The van der Waals surface area contributed by atoms with Crippen molar-refractivity contribution in [3.05, 3.63) is 0 Å². The fraction of sp³-hybridized carbons (Fsp3) is 0.714. The van der Waals surface area contributed by atoms with Crippen LogP contribution >= 0.6 is 37.9 Å². The molecular formula is C14H22O8S3. The summed E-state index contributed by atoms with van der Waals surface area (Å²) in [6.07, 6.45) is 0.124. The minimum atomic E-state index is -1.25. The average molecular weight is 415 g/mol. The van der Waals surface area contributed by atoms with E-state index in [-0.39, 0.29) is 50.1 Å². The van der Waals surface area contributed by atoms with E-state index in [4.69, 9.17) is 18.9 Å². The van der Waals surface area contributed by atoms with Crippen molar-refractivity contribution in [2.75, 3.05) is 43.7 Å². The van der Waals surface area contributed by atoms with Crippen LogP contribution in [-0.2, 0) is 38.1 Å². The van der Waals surface area contributed by atoms with Gasteiger partial charge in [-0.25, -0.2) is 0 Å². The summed E-state index contributed by atoms with van der Waals surface area (Å²) in [6, 6.07) is 0. The number of carbonyl (C=O) groups excluding carboxylic acids is 4. The van der Waals surface area contributed by atoms with Crippen LogP contribution in [0.25, 0.3) is 0 Å². The van der Waals surface area contributed by atoms with E-state index in [0.717, 1.165) is 0 Å². The quantitative estimate of drug-likeness (QED) is 0.239. The van der Waals surface area contributed by atoms with Crippen LogP contribution in [0.15, 0.2) is 0 Å². The standard InChI is InChI=1S/C14H22O8S3/c1-2-10(15)19-6-14(7-20-11(16)3-23,8-21-12(17)4-24)9-22-13(18)5-25/h23-25H,2-9H2,1H3. The zero-order valence-electron chi connectivity index (χ0n) is 13.8. The summed E-state index contributed by atoms with van der Waals surface area (Å²) < 4.78 is 20.2. The second-order valence-corrected chi connectivity index (χ2v) is 5.92. The van der Waals surface area contributed by atoms with Crippen LogP contribution in [0.1, 0.15) is 13.3 Å². The number of hydrogen-bond acceptors (Lipinski definition) is 11. The molecule has 0 radical (unpaired) electrons. The number of carbonyl (C=O) groups is 4. The molecule has 0 amide bonds. The summed E-state index contributed by atoms with van der Waals surface area (Å²) in [4.78, 5) is 45.6. The summed E-state index contributed by atoms with van der Waals surface area (Å²) in [5.74, 6) is -2.90. The molecule has 0 heterocycles. The Hall–Kier alpha value is -1.07. The van der Waals surface area contributed by atoms with Gasteiger partial charge >= 0.3 is 23.9 Å². The molecule has 0 unspecified atom stereocenters. The van der Waals surface area contributed by atoms with Crippen molar-refractivity contribution in [1.82, 2.24) is 0 Å². The number of hydrogen-bond donors (Lipinski definition) is 3. The van der Waals surface area contributed by atoms with Gasteiger partial charge in [0.2, 0.25) is 0 Å². The molecule has 0 saturated heterocycles. The monoisotopic (exact) mass is 414 g/mol. The Morgan fingerprint density at radius 3 is 1.16 bits per heavy atom. The highest BCUT2D eigenvalue weighted by molar-refractivity contribution is 7.81. The zero-order valence-corrected chi connectivity index (χ0v) is 16.4. The third-order valence-electron chi connectivity index (χ3n) is 2.83. The minimum absolute atomic E-state index is 0.124. The van der Waals surface area contributed by atoms with Crippen molar-refractivity contribution in [1.29, 1.82) is 0 Å². The van der Waals surface area contributed by atoms with Crippen LogP contribution < -0.4 is 0 Å². The number of esters is 4. The lowest BCUT2D eigenvalue weighted by atomic mass is 9.92. The molecule has 0 fully saturated rings. The Morgan fingerprint density at radius 1 is 0.640 bits per heavy atom. The summed E-state index contributed by atoms with van der Waals surface area (Å²) >= 11 is 11.4. The molecule has 0 rings (SSSR count). The van der Waals surface area contributed by atoms with Gasteiger partial charge in [0.15, 0.2) is 0 Å². The largest absolute Gasteiger partial charge is 0.465 e. The molecule has 8 nitrogen and oxygen atoms in total. The Morgan fingerprint density at radius 2 is 0.920 bits per heavy atom. The lowest BCUT2D eigenvalue weighted by Gasteiger charge is -2.31. The molecule has 0 aromatic carbocycles. The van der Waals surface area contributed by atoms with Gasteiger partial charge in [-0.3, -0.25) is 19.2 Å². The lowest BCUT2D eigenvalue weighted by Crippen LogP contribution is -2.44. The van der Waals surface area contributed by atoms with Crippen molar-refractivity contribution in [3.63, 3.8) is 0 Å². The second-order valence-electron chi connectivity index (χ2n) is 4.97. The van der Waals surface area contributed by atoms with E-state index >= 15 is 0 Å². The van der Waals surface area contributed by atoms with Crippen molar-refractivity contribution in [2.24, 2.45) is 5.41 Å². The maximum absolute atomic E-state index is 11.5. The van der Waals surface area contributed by atoms with Gasteiger partial charge < -0.3 is 18.9 Å². The van der Waals surface area contributed by atoms with Crippen molar-refractivity contribution < 1.29 is 38.1 Å². The molecule has 0 aromatic heterocycles. The minimum Gasteiger partial charge on any atom is -0.465 e. The molecule has 0 spiro atoms. The predicted molar refractivity (Wildman–Crippen MR) is 98.1 cm³/mol. The second kappa shape index (κ2) is 13.2. The van der Waals surface area contributed by atoms with E-state index in [1.54, 1.807) is 6.92 Å². The molecule has 0 aromatic rings. The normalized spacial score (nSPS) is 10.7. The fourth-order valence-electron chi connectivity index (χ4n) is 1.42. The van der Waals surface area contributed by atoms with E-state index < -0.39 is 29.3 Å². The van der Waals surface area contributed by atoms with Crippen LogP contribution in [0.3, 0.4) is 0 Å². The van der Waals surface area contributed by atoms with E-state index in [9.17, 15) is 19.2 Å². The van der Waals surface area contributed by atoms with E-state index in [1.807, 2.05) is 0 Å². The number of ether oxygens (including phenoxy) is 4. The molecule has 11 heteroatoms. The first-order valence-corrected chi connectivity index (χ1v) is 9.17. The van der Waals surface area contributed by atoms with Gasteiger partial charge in [-0.2, -0.15) is 37.9 Å². The van der Waals surface area contributed by atoms with Crippen molar-refractivity contribution >= 4 is 61.8 Å². The predicted octanol–water partition coefficient (Wildman–Crippen LogP) is 0.345. The first-order valence-electron chi connectivity index (χ1n) is 7.27. The average Bonchev–Trinajstić information content (AvgIpc) is 2.65. The third kappa shape index (κ3) is 10.5. The van der Waals surface area contributed by atoms with Crippen LogP contribution in [-0.4, -0.2) is 67.6 Å². The Balaban J connectivity index is 5.24. The molecule has 144 valence electrons. The van der Waals surface area contributed by atoms with Gasteiger partial charge in [0.05, 0.1) is 17.3 Å². The van der Waals surface area contributed by atoms with Gasteiger partial charge in [-0.05, 0) is 0 Å². The summed E-state index contributed by atoms with van der Waals surface area (Å²) in [5, 5.41) is 0. The van der Waals surface area contributed by atoms with E-state index in [0.29, 0.717) is 0 Å². The fourth-order valence-corrected chi connectivity index (χ4v) is 1.70. The Labute approximate surface area is 162 Å². The summed E-state index contributed by atoms with van der Waals surface area (Å²) in [5.41, 5.74) is -1.25. The maximum Gasteiger partial charge on any atom is 0.315 e. The maximum atomic E-state index is 11.5. The number of rotatable bonds is 12. The molecule has 0 aliphatic rings. The third-order valence-corrected chi connectivity index (χ3v) is 3.61. The van der Waals surface area contributed by atoms with Crippen molar-refractivity contribution in [2.45, 2.75) is 13.3 Å². The van der Waals surface area contributed by atoms with Crippen LogP contribution in [0.5, 0.6) is 0 Å². The highest BCUT2D eigenvalue weighted by Gasteiger charge is 2.37. The highest BCUT2D eigenvalue weighted by Crippen LogP contribution is 2.22. The summed E-state index contributed by atoms with van der Waals surface area (Å²) in [7, 11) is 0. The highest BCUT2D eigenvalue weighted by atomic mass is 32.1. The van der Waals surface area contributed by atoms with E-state index in [1.165, 1.54) is 0 Å². The Kier molecular flexibility index (Phi) is 12.6. The van der Waals surface area contributed by atoms with E-state index in [2.05, 4.69) is 37.9 Å².